The van der Waals surface area contributed by atoms with Crippen LogP contribution in [0.4, 0.5) is 0 Å². The monoisotopic (exact) mass is 539 g/mol. The molecule has 3 rings (SSSR count). The molecule has 0 saturated carbocycles. The lowest BCUT2D eigenvalue weighted by atomic mass is 9.79. The number of carbonyl (C=O) groups is 1. The van der Waals surface area contributed by atoms with E-state index in [9.17, 15) is 15.0 Å². The number of aryl methyl sites for hydroxylation is 1. The second kappa shape index (κ2) is 19.1. The smallest absolute Gasteiger partial charge is 0.339 e. The number of carboxylic acids is 1. The summed E-state index contributed by atoms with van der Waals surface area (Å²) in [6.07, 6.45) is 14.8. The largest absolute Gasteiger partial charge is 0.507 e. The minimum atomic E-state index is -1.11. The maximum Gasteiger partial charge on any atom is 0.339 e. The summed E-state index contributed by atoms with van der Waals surface area (Å²) in [5.41, 5.74) is 2.07. The third kappa shape index (κ3) is 13.1. The summed E-state index contributed by atoms with van der Waals surface area (Å²) >= 11 is 0. The fraction of sp³-hybridized carbons (Fsp3) is 0.469. The summed E-state index contributed by atoms with van der Waals surface area (Å²) in [7, 11) is 0. The highest BCUT2D eigenvalue weighted by molar-refractivity contribution is 5.90. The normalized spacial score (nSPS) is 16.3. The van der Waals surface area contributed by atoms with Crippen LogP contribution in [-0.4, -0.2) is 65.9 Å². The number of aromatic carboxylic acids is 1. The van der Waals surface area contributed by atoms with E-state index in [0.29, 0.717) is 0 Å². The number of hydrogen-bond acceptors (Lipinski definition) is 6. The second-order valence-electron chi connectivity index (χ2n) is 10.0. The molecule has 39 heavy (non-hydrogen) atoms. The zero-order valence-corrected chi connectivity index (χ0v) is 22.9. The van der Waals surface area contributed by atoms with Gasteiger partial charge in [0.05, 0.1) is 13.2 Å². The van der Waals surface area contributed by atoms with Crippen molar-refractivity contribution in [2.45, 2.75) is 51.4 Å². The van der Waals surface area contributed by atoms with Crippen molar-refractivity contribution in [3.05, 3.63) is 89.5 Å². The molecule has 0 radical (unpaired) electrons. The van der Waals surface area contributed by atoms with E-state index >= 15 is 0 Å². The number of aromatic hydroxyl groups is 1. The highest BCUT2D eigenvalue weighted by atomic mass is 16.5. The van der Waals surface area contributed by atoms with Gasteiger partial charge in [0.15, 0.2) is 0 Å². The summed E-state index contributed by atoms with van der Waals surface area (Å²) in [6, 6.07) is 16.5. The lowest BCUT2D eigenvalue weighted by Gasteiger charge is -2.32. The van der Waals surface area contributed by atoms with E-state index in [1.807, 2.05) is 12.2 Å². The number of phenols is 1. The maximum atomic E-state index is 10.3. The molecular formula is C32H45NO6. The summed E-state index contributed by atoms with van der Waals surface area (Å²) < 4.78 is 5.75. The first-order valence-corrected chi connectivity index (χ1v) is 13.9. The Labute approximate surface area is 232 Å². The van der Waals surface area contributed by atoms with Crippen molar-refractivity contribution in [3.63, 3.8) is 0 Å². The van der Waals surface area contributed by atoms with Crippen LogP contribution in [0.5, 0.6) is 5.75 Å². The van der Waals surface area contributed by atoms with Crippen LogP contribution in [0.1, 0.15) is 60.9 Å². The Bertz CT molecular complexity index is 1010. The Balaban J connectivity index is 0.000000446. The second-order valence-corrected chi connectivity index (χ2v) is 10.0. The Morgan fingerprint density at radius 1 is 0.897 bits per heavy atom. The highest BCUT2D eigenvalue weighted by Crippen LogP contribution is 2.30. The third-order valence-corrected chi connectivity index (χ3v) is 6.73. The molecular weight excluding hydrogens is 494 g/mol. The molecule has 214 valence electrons. The zero-order chi connectivity index (χ0) is 28.2. The zero-order valence-electron chi connectivity index (χ0n) is 22.9. The lowest BCUT2D eigenvalue weighted by molar-refractivity contribution is 0.0693. The molecule has 1 atom stereocenters. The molecule has 0 saturated heterocycles. The standard InChI is InChI=1S/C25H39NO3.C7H6O3/c27-20-24-14-10-15-25(19-24,22-28)21-26-16-7-1-2-8-17-29-18-9-6-13-23-11-4-3-5-12-23;8-6-4-2-1-3-5(6)7(9)10/h3-5,10-12,14-15,26-28H,1-2,6-9,13,16-22H2;1-4,8H,(H,9,10). The molecule has 1 unspecified atom stereocenters. The molecule has 0 amide bonds. The van der Waals surface area contributed by atoms with Gasteiger partial charge in [0.1, 0.15) is 11.3 Å². The van der Waals surface area contributed by atoms with Crippen LogP contribution in [-0.2, 0) is 11.2 Å². The molecule has 7 nitrogen and oxygen atoms in total. The van der Waals surface area contributed by atoms with Gasteiger partial charge < -0.3 is 30.5 Å². The lowest BCUT2D eigenvalue weighted by Crippen LogP contribution is -2.37. The van der Waals surface area contributed by atoms with E-state index < -0.39 is 5.97 Å². The first-order chi connectivity index (χ1) is 19.0. The first-order valence-electron chi connectivity index (χ1n) is 13.9. The summed E-state index contributed by atoms with van der Waals surface area (Å²) in [5, 5.41) is 39.9. The molecule has 7 heteroatoms. The van der Waals surface area contributed by atoms with Crippen molar-refractivity contribution in [1.82, 2.24) is 5.32 Å². The molecule has 1 aliphatic rings. The van der Waals surface area contributed by atoms with Gasteiger partial charge in [0, 0.05) is 25.2 Å². The molecule has 2 aromatic carbocycles. The number of aliphatic hydroxyl groups excluding tert-OH is 2. The van der Waals surface area contributed by atoms with Crippen LogP contribution in [0, 0.1) is 5.41 Å². The average molecular weight is 540 g/mol. The molecule has 0 fully saturated rings. The maximum absolute atomic E-state index is 10.3. The fourth-order valence-electron chi connectivity index (χ4n) is 4.43. The molecule has 0 bridgehead atoms. The van der Waals surface area contributed by atoms with Crippen LogP contribution >= 0.6 is 0 Å². The van der Waals surface area contributed by atoms with Gasteiger partial charge in [-0.05, 0) is 68.3 Å². The number of unbranched alkanes of at least 4 members (excludes halogenated alkanes) is 4. The third-order valence-electron chi connectivity index (χ3n) is 6.73. The van der Waals surface area contributed by atoms with Gasteiger partial charge in [-0.15, -0.1) is 0 Å². The Morgan fingerprint density at radius 2 is 1.59 bits per heavy atom. The van der Waals surface area contributed by atoms with Gasteiger partial charge in [-0.2, -0.15) is 0 Å². The van der Waals surface area contributed by atoms with Gasteiger partial charge in [0.25, 0.3) is 0 Å². The van der Waals surface area contributed by atoms with E-state index in [1.165, 1.54) is 37.0 Å². The number of aliphatic hydroxyl groups is 2. The van der Waals surface area contributed by atoms with Crippen molar-refractivity contribution in [1.29, 1.82) is 0 Å². The quantitative estimate of drug-likeness (QED) is 0.177. The van der Waals surface area contributed by atoms with Crippen molar-refractivity contribution in [2.75, 3.05) is 39.5 Å². The van der Waals surface area contributed by atoms with Crippen LogP contribution in [0.2, 0.25) is 0 Å². The minimum absolute atomic E-state index is 0.0671. The van der Waals surface area contributed by atoms with Gasteiger partial charge in [-0.25, -0.2) is 4.79 Å². The van der Waals surface area contributed by atoms with Crippen LogP contribution < -0.4 is 5.32 Å². The molecule has 0 aromatic heterocycles. The number of nitrogens with one attached hydrogen (secondary N) is 1. The number of rotatable bonds is 17. The Morgan fingerprint density at radius 3 is 2.26 bits per heavy atom. The van der Waals surface area contributed by atoms with Gasteiger partial charge in [-0.3, -0.25) is 0 Å². The molecule has 0 spiro atoms. The van der Waals surface area contributed by atoms with E-state index in [0.717, 1.165) is 64.0 Å². The van der Waals surface area contributed by atoms with Gasteiger partial charge in [-0.1, -0.05) is 73.5 Å². The predicted octanol–water partition coefficient (Wildman–Crippen LogP) is 5.12. The Hall–Kier alpha value is -2.97. The number of hydrogen-bond donors (Lipinski definition) is 5. The van der Waals surface area contributed by atoms with Crippen molar-refractivity contribution in [3.8, 4) is 5.75 Å². The predicted molar refractivity (Wildman–Crippen MR) is 155 cm³/mol. The highest BCUT2D eigenvalue weighted by Gasteiger charge is 2.28. The van der Waals surface area contributed by atoms with Crippen molar-refractivity contribution >= 4 is 5.97 Å². The summed E-state index contributed by atoms with van der Waals surface area (Å²) in [6.45, 7) is 3.64. The summed E-state index contributed by atoms with van der Waals surface area (Å²) in [4.78, 5) is 10.3. The molecule has 2 aromatic rings. The minimum Gasteiger partial charge on any atom is -0.507 e. The van der Waals surface area contributed by atoms with Gasteiger partial charge >= 0.3 is 5.97 Å². The van der Waals surface area contributed by atoms with Crippen LogP contribution in [0.25, 0.3) is 0 Å². The van der Waals surface area contributed by atoms with Crippen LogP contribution in [0.15, 0.2) is 78.4 Å². The number of allylic oxidation sites excluding steroid dienone is 2. The molecule has 0 aliphatic heterocycles. The first kappa shape index (κ1) is 32.2. The van der Waals surface area contributed by atoms with Crippen molar-refractivity contribution in [2.24, 2.45) is 5.41 Å². The number of benzene rings is 2. The molecule has 1 aliphatic carbocycles. The van der Waals surface area contributed by atoms with Crippen molar-refractivity contribution < 1.29 is 30.0 Å². The summed E-state index contributed by atoms with van der Waals surface area (Å²) in [5.74, 6) is -1.31. The fourth-order valence-corrected chi connectivity index (χ4v) is 4.43. The van der Waals surface area contributed by atoms with Crippen LogP contribution in [0.3, 0.4) is 0 Å². The topological polar surface area (TPSA) is 119 Å². The van der Waals surface area contributed by atoms with E-state index in [1.54, 1.807) is 12.1 Å². The molecule has 5 N–H and O–H groups in total. The molecule has 0 heterocycles. The van der Waals surface area contributed by atoms with E-state index in [-0.39, 0.29) is 29.9 Å². The number of ether oxygens (including phenoxy) is 1. The number of para-hydroxylation sites is 1. The van der Waals surface area contributed by atoms with E-state index in [4.69, 9.17) is 14.9 Å². The Kier molecular flexibility index (Phi) is 15.8. The SMILES string of the molecule is O=C(O)c1ccccc1O.OCC1=CC=CC(CO)(CNCCCCCCOCCCCc2ccccc2)C1. The van der Waals surface area contributed by atoms with E-state index in [2.05, 4.69) is 41.7 Å². The average Bonchev–Trinajstić information content (AvgIpc) is 2.96. The number of carboxylic acid groups (broad SMARTS) is 1. The van der Waals surface area contributed by atoms with Gasteiger partial charge in [0.2, 0.25) is 0 Å².